The average Bonchev–Trinajstić information content (AvgIpc) is 2.66. The third-order valence-electron chi connectivity index (χ3n) is 4.00. The molecule has 0 unspecified atom stereocenters. The van der Waals surface area contributed by atoms with Crippen molar-refractivity contribution >= 4 is 15.9 Å². The van der Waals surface area contributed by atoms with Crippen LogP contribution in [0.5, 0.6) is 0 Å². The zero-order chi connectivity index (χ0) is 18.8. The lowest BCUT2D eigenvalue weighted by Crippen LogP contribution is -2.27. The van der Waals surface area contributed by atoms with Crippen LogP contribution in [0.4, 0.5) is 0 Å². The third kappa shape index (κ3) is 6.28. The van der Waals surface area contributed by atoms with Crippen molar-refractivity contribution < 1.29 is 13.2 Å². The highest BCUT2D eigenvalue weighted by Crippen LogP contribution is 2.12. The summed E-state index contributed by atoms with van der Waals surface area (Å²) in [6.07, 6.45) is 3.40. The van der Waals surface area contributed by atoms with E-state index in [1.807, 2.05) is 25.1 Å². The summed E-state index contributed by atoms with van der Waals surface area (Å²) < 4.78 is 27.1. The molecule has 0 aromatic heterocycles. The number of sulfonamides is 1. The Balaban J connectivity index is 1.89. The lowest BCUT2D eigenvalue weighted by Gasteiger charge is -2.09. The molecule has 0 heterocycles. The molecule has 0 atom stereocenters. The molecule has 140 valence electrons. The van der Waals surface area contributed by atoms with Crippen molar-refractivity contribution in [2.75, 3.05) is 13.1 Å². The number of rotatable bonds is 10. The first-order valence-electron chi connectivity index (χ1n) is 8.95. The number of carbonyl (C=O) groups excluding carboxylic acids is 1. The quantitative estimate of drug-likeness (QED) is 0.628. The van der Waals surface area contributed by atoms with Crippen LogP contribution in [0.15, 0.2) is 59.5 Å². The second-order valence-electron chi connectivity index (χ2n) is 6.12. The van der Waals surface area contributed by atoms with Gasteiger partial charge in [0.15, 0.2) is 0 Å². The second-order valence-corrected chi connectivity index (χ2v) is 7.89. The Morgan fingerprint density at radius 2 is 1.73 bits per heavy atom. The summed E-state index contributed by atoms with van der Waals surface area (Å²) in [5, 5.41) is 2.85. The van der Waals surface area contributed by atoms with Crippen LogP contribution in [0.1, 0.15) is 42.1 Å². The second kappa shape index (κ2) is 10.1. The van der Waals surface area contributed by atoms with Gasteiger partial charge in [-0.05, 0) is 43.0 Å². The molecule has 1 amide bonds. The van der Waals surface area contributed by atoms with E-state index in [2.05, 4.69) is 22.2 Å². The smallest absolute Gasteiger partial charge is 0.251 e. The standard InChI is InChI=1S/C20H26N2O3S/c1-2-3-15-22-26(24,25)19-13-7-12-18(16-19)20(23)21-14-8-11-17-9-5-4-6-10-17/h4-7,9-10,12-13,16,22H,2-3,8,11,14-15H2,1H3,(H,21,23). The third-order valence-corrected chi connectivity index (χ3v) is 5.46. The first-order valence-corrected chi connectivity index (χ1v) is 10.4. The van der Waals surface area contributed by atoms with Gasteiger partial charge >= 0.3 is 0 Å². The van der Waals surface area contributed by atoms with Crippen LogP contribution in [0.2, 0.25) is 0 Å². The van der Waals surface area contributed by atoms with Crippen molar-refractivity contribution in [3.05, 3.63) is 65.7 Å². The maximum absolute atomic E-state index is 12.3. The van der Waals surface area contributed by atoms with Gasteiger partial charge in [0.1, 0.15) is 0 Å². The van der Waals surface area contributed by atoms with E-state index in [-0.39, 0.29) is 10.8 Å². The lowest BCUT2D eigenvalue weighted by molar-refractivity contribution is 0.0953. The molecular formula is C20H26N2O3S. The van der Waals surface area contributed by atoms with Crippen molar-refractivity contribution in [1.82, 2.24) is 10.0 Å². The van der Waals surface area contributed by atoms with Gasteiger partial charge in [-0.3, -0.25) is 4.79 Å². The van der Waals surface area contributed by atoms with Gasteiger partial charge in [0.25, 0.3) is 5.91 Å². The largest absolute Gasteiger partial charge is 0.352 e. The van der Waals surface area contributed by atoms with E-state index in [1.165, 1.54) is 17.7 Å². The molecule has 0 aliphatic rings. The molecule has 0 fully saturated rings. The Labute approximate surface area is 155 Å². The fourth-order valence-electron chi connectivity index (χ4n) is 2.51. The highest BCUT2D eigenvalue weighted by molar-refractivity contribution is 7.89. The summed E-state index contributed by atoms with van der Waals surface area (Å²) in [5.74, 6) is -0.260. The Morgan fingerprint density at radius 3 is 2.46 bits per heavy atom. The van der Waals surface area contributed by atoms with E-state index >= 15 is 0 Å². The topological polar surface area (TPSA) is 75.3 Å². The summed E-state index contributed by atoms with van der Waals surface area (Å²) in [7, 11) is -3.58. The van der Waals surface area contributed by atoms with Crippen LogP contribution >= 0.6 is 0 Å². The van der Waals surface area contributed by atoms with Crippen LogP contribution in [0, 0.1) is 0 Å². The SMILES string of the molecule is CCCCNS(=O)(=O)c1cccc(C(=O)NCCCc2ccccc2)c1. The zero-order valence-corrected chi connectivity index (χ0v) is 15.9. The molecule has 6 heteroatoms. The normalized spacial score (nSPS) is 11.3. The van der Waals surface area contributed by atoms with Gasteiger partial charge in [-0.2, -0.15) is 0 Å². The lowest BCUT2D eigenvalue weighted by atomic mass is 10.1. The monoisotopic (exact) mass is 374 g/mol. The molecule has 0 saturated heterocycles. The fourth-order valence-corrected chi connectivity index (χ4v) is 3.63. The summed E-state index contributed by atoms with van der Waals surface area (Å²) >= 11 is 0. The van der Waals surface area contributed by atoms with Gasteiger partial charge in [-0.15, -0.1) is 0 Å². The number of benzene rings is 2. The summed E-state index contributed by atoms with van der Waals surface area (Å²) in [4.78, 5) is 12.4. The molecule has 0 bridgehead atoms. The fraction of sp³-hybridized carbons (Fsp3) is 0.350. The van der Waals surface area contributed by atoms with E-state index in [0.29, 0.717) is 18.7 Å². The number of amides is 1. The molecule has 2 aromatic rings. The van der Waals surface area contributed by atoms with E-state index in [1.54, 1.807) is 12.1 Å². The molecular weight excluding hydrogens is 348 g/mol. The number of hydrogen-bond acceptors (Lipinski definition) is 3. The summed E-state index contributed by atoms with van der Waals surface area (Å²) in [5.41, 5.74) is 1.58. The molecule has 5 nitrogen and oxygen atoms in total. The van der Waals surface area contributed by atoms with Crippen molar-refractivity contribution in [2.24, 2.45) is 0 Å². The van der Waals surface area contributed by atoms with Crippen molar-refractivity contribution in [3.63, 3.8) is 0 Å². The molecule has 2 rings (SSSR count). The Morgan fingerprint density at radius 1 is 0.962 bits per heavy atom. The number of nitrogens with one attached hydrogen (secondary N) is 2. The minimum Gasteiger partial charge on any atom is -0.352 e. The maximum atomic E-state index is 12.3. The Hall–Kier alpha value is -2.18. The number of unbranched alkanes of at least 4 members (excludes halogenated alkanes) is 1. The van der Waals surface area contributed by atoms with Gasteiger partial charge in [-0.1, -0.05) is 49.7 Å². The van der Waals surface area contributed by atoms with Gasteiger partial charge in [0, 0.05) is 18.7 Å². The molecule has 0 radical (unpaired) electrons. The maximum Gasteiger partial charge on any atom is 0.251 e. The predicted molar refractivity (Wildman–Crippen MR) is 104 cm³/mol. The van der Waals surface area contributed by atoms with E-state index in [4.69, 9.17) is 0 Å². The van der Waals surface area contributed by atoms with Gasteiger partial charge in [0.2, 0.25) is 10.0 Å². The summed E-state index contributed by atoms with van der Waals surface area (Å²) in [6.45, 7) is 2.94. The molecule has 0 aliphatic heterocycles. The van der Waals surface area contributed by atoms with E-state index < -0.39 is 10.0 Å². The molecule has 0 saturated carbocycles. The van der Waals surface area contributed by atoms with Gasteiger partial charge < -0.3 is 5.32 Å². The van der Waals surface area contributed by atoms with Crippen molar-refractivity contribution in [2.45, 2.75) is 37.5 Å². The molecule has 2 aromatic carbocycles. The molecule has 0 aliphatic carbocycles. The minimum atomic E-state index is -3.58. The Bertz CT molecular complexity index is 805. The number of aryl methyl sites for hydroxylation is 1. The first kappa shape index (κ1) is 20.1. The molecule has 2 N–H and O–H groups in total. The van der Waals surface area contributed by atoms with Gasteiger partial charge in [0.05, 0.1) is 4.90 Å². The molecule has 26 heavy (non-hydrogen) atoms. The van der Waals surface area contributed by atoms with Crippen LogP contribution < -0.4 is 10.0 Å². The highest BCUT2D eigenvalue weighted by atomic mass is 32.2. The van der Waals surface area contributed by atoms with Crippen LogP contribution in [0.3, 0.4) is 0 Å². The number of hydrogen-bond donors (Lipinski definition) is 2. The van der Waals surface area contributed by atoms with Crippen LogP contribution in [-0.2, 0) is 16.4 Å². The number of carbonyl (C=O) groups is 1. The van der Waals surface area contributed by atoms with Gasteiger partial charge in [-0.25, -0.2) is 13.1 Å². The van der Waals surface area contributed by atoms with Crippen LogP contribution in [-0.4, -0.2) is 27.4 Å². The zero-order valence-electron chi connectivity index (χ0n) is 15.1. The highest BCUT2D eigenvalue weighted by Gasteiger charge is 2.15. The average molecular weight is 375 g/mol. The molecule has 0 spiro atoms. The first-order chi connectivity index (χ1) is 12.5. The Kier molecular flexibility index (Phi) is 7.81. The van der Waals surface area contributed by atoms with E-state index in [9.17, 15) is 13.2 Å². The predicted octanol–water partition coefficient (Wildman–Crippen LogP) is 3.13. The van der Waals surface area contributed by atoms with Crippen molar-refractivity contribution in [1.29, 1.82) is 0 Å². The van der Waals surface area contributed by atoms with Crippen LogP contribution in [0.25, 0.3) is 0 Å². The summed E-state index contributed by atoms with van der Waals surface area (Å²) in [6, 6.07) is 16.2. The van der Waals surface area contributed by atoms with Crippen molar-refractivity contribution in [3.8, 4) is 0 Å². The minimum absolute atomic E-state index is 0.116. The van der Waals surface area contributed by atoms with E-state index in [0.717, 1.165) is 25.7 Å².